The van der Waals surface area contributed by atoms with Gasteiger partial charge in [0.05, 0.1) is 7.11 Å². The third-order valence-electron chi connectivity index (χ3n) is 7.86. The molecule has 1 saturated heterocycles. The Balaban J connectivity index is 1.13. The van der Waals surface area contributed by atoms with Crippen molar-refractivity contribution in [2.45, 2.75) is 51.1 Å². The highest BCUT2D eigenvalue weighted by atomic mass is 16.5. The van der Waals surface area contributed by atoms with E-state index in [4.69, 9.17) is 4.74 Å². The van der Waals surface area contributed by atoms with Crippen LogP contribution in [0.4, 0.5) is 5.69 Å². The molecule has 3 aromatic rings. The molecule has 0 amide bonds. The highest BCUT2D eigenvalue weighted by molar-refractivity contribution is 5.95. The van der Waals surface area contributed by atoms with E-state index in [-0.39, 0.29) is 0 Å². The molecule has 1 aliphatic heterocycles. The van der Waals surface area contributed by atoms with Crippen molar-refractivity contribution in [2.24, 2.45) is 0 Å². The highest BCUT2D eigenvalue weighted by Gasteiger charge is 2.24. The first kappa shape index (κ1) is 23.9. The highest BCUT2D eigenvalue weighted by Crippen LogP contribution is 2.32. The number of hydrogen-bond acceptors (Lipinski definition) is 6. The van der Waals surface area contributed by atoms with Crippen LogP contribution in [0.25, 0.3) is 10.9 Å². The number of fused-ring (bicyclic) bond motifs is 2. The minimum atomic E-state index is 0.464. The van der Waals surface area contributed by atoms with Crippen molar-refractivity contribution in [3.05, 3.63) is 59.8 Å². The zero-order valence-corrected chi connectivity index (χ0v) is 21.0. The molecule has 1 aliphatic carbocycles. The standard InChI is InChI=1S/C29H38N4O2/c1-3-22(31-23-10-11-24-21(20-23)6-4-8-27(24)34)13-15-32-16-18-33(19-17-32)26-12-14-30-29-25(26)7-5-9-28(29)35-2/h4-9,12,14,22-23,31,34H,3,10-11,13,15-20H2,1-2H3. The number of methoxy groups -OCH3 is 1. The van der Waals surface area contributed by atoms with E-state index in [0.29, 0.717) is 17.8 Å². The summed E-state index contributed by atoms with van der Waals surface area (Å²) in [5.41, 5.74) is 4.65. The Morgan fingerprint density at radius 2 is 1.94 bits per heavy atom. The quantitative estimate of drug-likeness (QED) is 0.505. The predicted octanol–water partition coefficient (Wildman–Crippen LogP) is 4.39. The summed E-state index contributed by atoms with van der Waals surface area (Å²) in [4.78, 5) is 9.66. The molecule has 0 radical (unpaired) electrons. The van der Waals surface area contributed by atoms with Crippen molar-refractivity contribution in [3.63, 3.8) is 0 Å². The SMILES string of the molecule is CCC(CCN1CCN(c2ccnc3c(OC)cccc23)CC1)NC1CCc2c(O)cccc2C1. The van der Waals surface area contributed by atoms with E-state index in [9.17, 15) is 5.11 Å². The van der Waals surface area contributed by atoms with Crippen LogP contribution in [-0.2, 0) is 12.8 Å². The Bertz CT molecular complexity index is 1140. The molecule has 1 aromatic heterocycles. The average Bonchev–Trinajstić information content (AvgIpc) is 2.90. The van der Waals surface area contributed by atoms with Gasteiger partial charge in [0, 0.05) is 55.5 Å². The predicted molar refractivity (Wildman–Crippen MR) is 143 cm³/mol. The number of piperazine rings is 1. The Kier molecular flexibility index (Phi) is 7.40. The first-order valence-electron chi connectivity index (χ1n) is 13.1. The van der Waals surface area contributed by atoms with Crippen molar-refractivity contribution in [3.8, 4) is 11.5 Å². The lowest BCUT2D eigenvalue weighted by Crippen LogP contribution is -2.48. The second-order valence-electron chi connectivity index (χ2n) is 9.93. The maximum Gasteiger partial charge on any atom is 0.145 e. The summed E-state index contributed by atoms with van der Waals surface area (Å²) < 4.78 is 5.52. The number of aromatic hydroxyl groups is 1. The van der Waals surface area contributed by atoms with E-state index in [1.54, 1.807) is 7.11 Å². The molecule has 6 heteroatoms. The molecular weight excluding hydrogens is 436 g/mol. The largest absolute Gasteiger partial charge is 0.508 e. The average molecular weight is 475 g/mol. The van der Waals surface area contributed by atoms with E-state index >= 15 is 0 Å². The van der Waals surface area contributed by atoms with Crippen LogP contribution in [0.1, 0.15) is 37.3 Å². The van der Waals surface area contributed by atoms with Crippen LogP contribution in [0.5, 0.6) is 11.5 Å². The number of phenols is 1. The number of nitrogens with one attached hydrogen (secondary N) is 1. The van der Waals surface area contributed by atoms with E-state index in [1.807, 2.05) is 30.5 Å². The van der Waals surface area contributed by atoms with E-state index in [2.05, 4.69) is 45.2 Å². The summed E-state index contributed by atoms with van der Waals surface area (Å²) in [6.45, 7) is 7.66. The molecule has 5 rings (SSSR count). The molecule has 0 saturated carbocycles. The number of pyridine rings is 1. The first-order chi connectivity index (χ1) is 17.2. The molecule has 2 N–H and O–H groups in total. The molecule has 2 heterocycles. The van der Waals surface area contributed by atoms with Crippen molar-refractivity contribution in [2.75, 3.05) is 44.7 Å². The molecule has 35 heavy (non-hydrogen) atoms. The van der Waals surface area contributed by atoms with Gasteiger partial charge >= 0.3 is 0 Å². The fraction of sp³-hybridized carbons (Fsp3) is 0.483. The fourth-order valence-corrected chi connectivity index (χ4v) is 5.79. The lowest BCUT2D eigenvalue weighted by Gasteiger charge is -2.37. The number of nitrogens with zero attached hydrogens (tertiary/aromatic N) is 3. The summed E-state index contributed by atoms with van der Waals surface area (Å²) in [6.07, 6.45) is 7.31. The van der Waals surface area contributed by atoms with Gasteiger partial charge in [-0.25, -0.2) is 0 Å². The first-order valence-corrected chi connectivity index (χ1v) is 13.1. The third kappa shape index (κ3) is 5.24. The van der Waals surface area contributed by atoms with Gasteiger partial charge < -0.3 is 20.1 Å². The molecule has 2 unspecified atom stereocenters. The Hall–Kier alpha value is -2.83. The minimum Gasteiger partial charge on any atom is -0.508 e. The molecule has 2 aliphatic rings. The lowest BCUT2D eigenvalue weighted by atomic mass is 9.87. The molecule has 0 spiro atoms. The number of rotatable bonds is 8. The zero-order valence-electron chi connectivity index (χ0n) is 21.0. The Labute approximate surface area is 208 Å². The van der Waals surface area contributed by atoms with Gasteiger partial charge in [-0.15, -0.1) is 0 Å². The summed E-state index contributed by atoms with van der Waals surface area (Å²) in [6, 6.07) is 15.3. The second-order valence-corrected chi connectivity index (χ2v) is 9.93. The summed E-state index contributed by atoms with van der Waals surface area (Å²) in [5, 5.41) is 15.2. The number of hydrogen-bond donors (Lipinski definition) is 2. The lowest BCUT2D eigenvalue weighted by molar-refractivity contribution is 0.235. The summed E-state index contributed by atoms with van der Waals surface area (Å²) >= 11 is 0. The monoisotopic (exact) mass is 474 g/mol. The van der Waals surface area contributed by atoms with Crippen molar-refractivity contribution < 1.29 is 9.84 Å². The van der Waals surface area contributed by atoms with Crippen LogP contribution in [0, 0.1) is 0 Å². The van der Waals surface area contributed by atoms with Crippen molar-refractivity contribution in [1.29, 1.82) is 0 Å². The Morgan fingerprint density at radius 3 is 2.74 bits per heavy atom. The maximum absolute atomic E-state index is 10.1. The van der Waals surface area contributed by atoms with Gasteiger partial charge in [-0.3, -0.25) is 9.88 Å². The van der Waals surface area contributed by atoms with Crippen LogP contribution in [0.2, 0.25) is 0 Å². The van der Waals surface area contributed by atoms with Crippen LogP contribution >= 0.6 is 0 Å². The maximum atomic E-state index is 10.1. The number of para-hydroxylation sites is 1. The molecule has 6 nitrogen and oxygen atoms in total. The normalized spacial score (nSPS) is 19.5. The Morgan fingerprint density at radius 1 is 1.11 bits per heavy atom. The van der Waals surface area contributed by atoms with Gasteiger partial charge in [-0.05, 0) is 68.0 Å². The van der Waals surface area contributed by atoms with E-state index in [0.717, 1.165) is 80.6 Å². The van der Waals surface area contributed by atoms with Gasteiger partial charge in [0.2, 0.25) is 0 Å². The van der Waals surface area contributed by atoms with Gasteiger partial charge in [0.25, 0.3) is 0 Å². The molecule has 1 fully saturated rings. The fourth-order valence-electron chi connectivity index (χ4n) is 5.79. The zero-order chi connectivity index (χ0) is 24.2. The minimum absolute atomic E-state index is 0.464. The van der Waals surface area contributed by atoms with Crippen LogP contribution < -0.4 is 15.0 Å². The second kappa shape index (κ2) is 10.8. The molecule has 2 atom stereocenters. The number of ether oxygens (including phenoxy) is 1. The van der Waals surface area contributed by atoms with Crippen molar-refractivity contribution in [1.82, 2.24) is 15.2 Å². The number of phenolic OH excluding ortho intramolecular Hbond substituents is 1. The van der Waals surface area contributed by atoms with Gasteiger partial charge in [0.1, 0.15) is 17.0 Å². The van der Waals surface area contributed by atoms with E-state index in [1.165, 1.54) is 17.7 Å². The van der Waals surface area contributed by atoms with Crippen LogP contribution in [0.3, 0.4) is 0 Å². The van der Waals surface area contributed by atoms with E-state index < -0.39 is 0 Å². The van der Waals surface area contributed by atoms with Crippen LogP contribution in [-0.4, -0.2) is 66.9 Å². The van der Waals surface area contributed by atoms with Crippen molar-refractivity contribution >= 4 is 16.6 Å². The third-order valence-corrected chi connectivity index (χ3v) is 7.86. The van der Waals surface area contributed by atoms with Gasteiger partial charge in [-0.2, -0.15) is 0 Å². The topological polar surface area (TPSA) is 60.9 Å². The number of benzene rings is 2. The van der Waals surface area contributed by atoms with Gasteiger partial charge in [-0.1, -0.05) is 31.2 Å². The molecule has 0 bridgehead atoms. The summed E-state index contributed by atoms with van der Waals surface area (Å²) in [7, 11) is 1.71. The molecule has 186 valence electrons. The number of anilines is 1. The summed E-state index contributed by atoms with van der Waals surface area (Å²) in [5.74, 6) is 1.30. The molecular formula is C29H38N4O2. The van der Waals surface area contributed by atoms with Gasteiger partial charge in [0.15, 0.2) is 0 Å². The molecule has 2 aromatic carbocycles. The van der Waals surface area contributed by atoms with Crippen LogP contribution in [0.15, 0.2) is 48.7 Å². The number of aromatic nitrogens is 1. The smallest absolute Gasteiger partial charge is 0.145 e.